The topological polar surface area (TPSA) is 140 Å². The third-order valence-electron chi connectivity index (χ3n) is 7.75. The molecule has 0 unspecified atom stereocenters. The Kier molecular flexibility index (Phi) is 5.94. The quantitative estimate of drug-likeness (QED) is 0.479. The number of nitrogens with zero attached hydrogens (tertiary/aromatic N) is 1. The van der Waals surface area contributed by atoms with Gasteiger partial charge >= 0.3 is 0 Å². The first-order chi connectivity index (χ1) is 17.6. The van der Waals surface area contributed by atoms with Gasteiger partial charge in [-0.15, -0.1) is 0 Å². The molecule has 4 N–H and O–H groups in total. The van der Waals surface area contributed by atoms with Crippen LogP contribution in [-0.2, 0) is 31.1 Å². The first-order valence-corrected chi connectivity index (χ1v) is 12.2. The predicted octanol–water partition coefficient (Wildman–Crippen LogP) is 1.16. The van der Waals surface area contributed by atoms with Crippen LogP contribution in [-0.4, -0.2) is 55.3 Å². The van der Waals surface area contributed by atoms with Crippen LogP contribution in [0.15, 0.2) is 30.3 Å². The van der Waals surface area contributed by atoms with E-state index in [1.807, 2.05) is 32.0 Å². The Hall–Kier alpha value is -3.92. The molecule has 3 aliphatic rings. The molecule has 3 aliphatic heterocycles. The molecule has 0 aromatic heterocycles. The van der Waals surface area contributed by atoms with Gasteiger partial charge in [-0.3, -0.25) is 29.4 Å². The molecular formula is C27H30N4O6. The second-order valence-corrected chi connectivity index (χ2v) is 9.96. The lowest BCUT2D eigenvalue weighted by Crippen LogP contribution is -2.53. The number of methoxy groups -OCH3 is 2. The van der Waals surface area contributed by atoms with Crippen LogP contribution >= 0.6 is 0 Å². The molecule has 0 bridgehead atoms. The highest BCUT2D eigenvalue weighted by molar-refractivity contribution is 6.15. The largest absolute Gasteiger partial charge is 0.493 e. The Morgan fingerprint density at radius 2 is 1.78 bits per heavy atom. The van der Waals surface area contributed by atoms with Gasteiger partial charge < -0.3 is 20.5 Å². The molecular weight excluding hydrogens is 476 g/mol. The number of nitrogens with one attached hydrogen (secondary N) is 2. The Morgan fingerprint density at radius 3 is 2.46 bits per heavy atom. The van der Waals surface area contributed by atoms with Crippen LogP contribution in [0.3, 0.4) is 0 Å². The maximum atomic E-state index is 13.9. The van der Waals surface area contributed by atoms with Crippen LogP contribution in [0.25, 0.3) is 0 Å². The fourth-order valence-corrected chi connectivity index (χ4v) is 6.21. The minimum absolute atomic E-state index is 0.126. The van der Waals surface area contributed by atoms with Gasteiger partial charge in [-0.1, -0.05) is 23.8 Å². The summed E-state index contributed by atoms with van der Waals surface area (Å²) in [6.07, 6.45) is 0.220. The summed E-state index contributed by atoms with van der Waals surface area (Å²) in [6, 6.07) is 8.48. The fourth-order valence-electron chi connectivity index (χ4n) is 6.21. The number of amides is 4. The minimum atomic E-state index is -1.46. The highest BCUT2D eigenvalue weighted by atomic mass is 16.5. The highest BCUT2D eigenvalue weighted by Gasteiger charge is 2.70. The Labute approximate surface area is 214 Å². The van der Waals surface area contributed by atoms with E-state index < -0.39 is 47.0 Å². The van der Waals surface area contributed by atoms with Crippen LogP contribution in [0.4, 0.5) is 5.69 Å². The van der Waals surface area contributed by atoms with E-state index in [0.29, 0.717) is 29.2 Å². The van der Waals surface area contributed by atoms with Gasteiger partial charge in [0.15, 0.2) is 11.5 Å². The number of hydrogen-bond donors (Lipinski definition) is 3. The first-order valence-electron chi connectivity index (χ1n) is 12.2. The molecule has 1 spiro atoms. The third-order valence-corrected chi connectivity index (χ3v) is 7.75. The number of fused-ring (bicyclic) bond motifs is 4. The molecule has 0 saturated carbocycles. The third kappa shape index (κ3) is 3.66. The number of imide groups is 1. The van der Waals surface area contributed by atoms with Crippen LogP contribution in [0.5, 0.6) is 11.5 Å². The maximum absolute atomic E-state index is 13.9. The minimum Gasteiger partial charge on any atom is -0.493 e. The lowest BCUT2D eigenvalue weighted by molar-refractivity contribution is -0.142. The summed E-state index contributed by atoms with van der Waals surface area (Å²) < 4.78 is 10.6. The molecule has 2 aromatic rings. The summed E-state index contributed by atoms with van der Waals surface area (Å²) in [5, 5.41) is 6.15. The predicted molar refractivity (Wildman–Crippen MR) is 134 cm³/mol. The molecule has 4 atom stereocenters. The second kappa shape index (κ2) is 8.88. The number of carbonyl (C=O) groups excluding carboxylic acids is 4. The summed E-state index contributed by atoms with van der Waals surface area (Å²) in [5.74, 6) is -2.61. The van der Waals surface area contributed by atoms with Crippen molar-refractivity contribution in [3.05, 3.63) is 52.6 Å². The highest BCUT2D eigenvalue weighted by Crippen LogP contribution is 2.54. The van der Waals surface area contributed by atoms with Crippen molar-refractivity contribution in [2.24, 2.45) is 17.6 Å². The van der Waals surface area contributed by atoms with E-state index in [0.717, 1.165) is 16.7 Å². The van der Waals surface area contributed by atoms with E-state index in [4.69, 9.17) is 15.2 Å². The number of carbonyl (C=O) groups is 4. The fraction of sp³-hybridized carbons (Fsp3) is 0.407. The van der Waals surface area contributed by atoms with Crippen molar-refractivity contribution in [2.75, 3.05) is 26.1 Å². The van der Waals surface area contributed by atoms with Gasteiger partial charge in [-0.25, -0.2) is 0 Å². The van der Waals surface area contributed by atoms with Gasteiger partial charge in [-0.05, 0) is 43.5 Å². The number of hydrogen-bond acceptors (Lipinski definition) is 7. The average molecular weight is 507 g/mol. The zero-order chi connectivity index (χ0) is 26.6. The smallest absolute Gasteiger partial charge is 0.250 e. The zero-order valence-corrected chi connectivity index (χ0v) is 21.2. The summed E-state index contributed by atoms with van der Waals surface area (Å²) in [5.41, 5.74) is 7.94. The normalized spacial score (nSPS) is 25.9. The van der Waals surface area contributed by atoms with E-state index in [-0.39, 0.29) is 13.0 Å². The molecule has 194 valence electrons. The SMILES string of the molecule is COc1ccc(CCN2C(=O)[C@@H]3[C@H](CC(N)=O)N[C@@]4(C(=O)Nc5c(C)cc(C)cc54)[C@@H]3C2=O)cc1OC. The van der Waals surface area contributed by atoms with E-state index in [1.54, 1.807) is 19.2 Å². The number of nitrogens with two attached hydrogens (primary N) is 1. The van der Waals surface area contributed by atoms with Gasteiger partial charge in [0.25, 0.3) is 0 Å². The molecule has 2 fully saturated rings. The van der Waals surface area contributed by atoms with Gasteiger partial charge in [0.2, 0.25) is 23.6 Å². The summed E-state index contributed by atoms with van der Waals surface area (Å²) in [7, 11) is 3.08. The summed E-state index contributed by atoms with van der Waals surface area (Å²) in [6.45, 7) is 3.92. The van der Waals surface area contributed by atoms with Gasteiger partial charge in [0, 0.05) is 30.3 Å². The van der Waals surface area contributed by atoms with Crippen molar-refractivity contribution in [1.29, 1.82) is 0 Å². The van der Waals surface area contributed by atoms with Crippen LogP contribution in [0, 0.1) is 25.7 Å². The number of primary amides is 1. The van der Waals surface area contributed by atoms with Gasteiger partial charge in [0.1, 0.15) is 5.54 Å². The number of rotatable bonds is 7. The number of benzene rings is 2. The van der Waals surface area contributed by atoms with E-state index >= 15 is 0 Å². The zero-order valence-electron chi connectivity index (χ0n) is 21.2. The summed E-state index contributed by atoms with van der Waals surface area (Å²) >= 11 is 0. The molecule has 4 amide bonds. The molecule has 37 heavy (non-hydrogen) atoms. The molecule has 2 saturated heterocycles. The van der Waals surface area contributed by atoms with Crippen molar-refractivity contribution >= 4 is 29.3 Å². The Bertz CT molecular complexity index is 1340. The summed E-state index contributed by atoms with van der Waals surface area (Å²) in [4.78, 5) is 54.3. The van der Waals surface area contributed by atoms with E-state index in [9.17, 15) is 19.2 Å². The second-order valence-electron chi connectivity index (χ2n) is 9.96. The number of anilines is 1. The molecule has 0 radical (unpaired) electrons. The average Bonchev–Trinajstić information content (AvgIpc) is 3.42. The molecule has 3 heterocycles. The molecule has 10 nitrogen and oxygen atoms in total. The van der Waals surface area contributed by atoms with Crippen LogP contribution in [0.1, 0.15) is 28.7 Å². The van der Waals surface area contributed by atoms with Crippen LogP contribution in [0.2, 0.25) is 0 Å². The van der Waals surface area contributed by atoms with Gasteiger partial charge in [-0.2, -0.15) is 0 Å². The molecule has 0 aliphatic carbocycles. The van der Waals surface area contributed by atoms with Crippen molar-refractivity contribution in [3.8, 4) is 11.5 Å². The number of ether oxygens (including phenoxy) is 2. The van der Waals surface area contributed by atoms with E-state index in [2.05, 4.69) is 10.6 Å². The standard InChI is InChI=1S/C27H30N4O6/c1-13-9-14(2)23-16(10-13)27(26(35)29-23)22-21(17(30-27)12-20(28)32)24(33)31(25(22)34)8-7-15-5-6-18(36-3)19(11-15)37-4/h5-6,9-11,17,21-22,30H,7-8,12H2,1-4H3,(H2,28,32)(H,29,35)/t17-,21+,22-,27+/m0/s1. The maximum Gasteiger partial charge on any atom is 0.250 e. The Balaban J connectivity index is 1.51. The molecule has 2 aromatic carbocycles. The number of aryl methyl sites for hydroxylation is 2. The van der Waals surface area contributed by atoms with E-state index in [1.165, 1.54) is 12.0 Å². The molecule has 10 heteroatoms. The monoisotopic (exact) mass is 506 g/mol. The van der Waals surface area contributed by atoms with Crippen molar-refractivity contribution in [2.45, 2.75) is 38.3 Å². The van der Waals surface area contributed by atoms with Crippen molar-refractivity contribution in [1.82, 2.24) is 10.2 Å². The first kappa shape index (κ1) is 24.8. The van der Waals surface area contributed by atoms with Crippen molar-refractivity contribution in [3.63, 3.8) is 0 Å². The van der Waals surface area contributed by atoms with Gasteiger partial charge in [0.05, 0.1) is 26.1 Å². The van der Waals surface area contributed by atoms with Crippen LogP contribution < -0.4 is 25.8 Å². The van der Waals surface area contributed by atoms with Crippen molar-refractivity contribution < 1.29 is 28.7 Å². The lowest BCUT2D eigenvalue weighted by Gasteiger charge is -2.29. The number of likely N-dealkylation sites (tertiary alicyclic amines) is 1. The Morgan fingerprint density at radius 1 is 1.05 bits per heavy atom. The lowest BCUT2D eigenvalue weighted by atomic mass is 9.76. The molecule has 5 rings (SSSR count).